The van der Waals surface area contributed by atoms with E-state index in [1.54, 1.807) is 0 Å². The van der Waals surface area contributed by atoms with Crippen LogP contribution in [0, 0.1) is 6.07 Å². The molecule has 0 aliphatic carbocycles. The summed E-state index contributed by atoms with van der Waals surface area (Å²) in [5.41, 5.74) is 6.20. The van der Waals surface area contributed by atoms with Gasteiger partial charge in [-0.05, 0) is 51.4 Å². The van der Waals surface area contributed by atoms with Gasteiger partial charge in [0.2, 0.25) is 0 Å². The molecule has 0 saturated heterocycles. The van der Waals surface area contributed by atoms with Crippen LogP contribution in [-0.2, 0) is 5.41 Å². The van der Waals surface area contributed by atoms with E-state index in [2.05, 4.69) is 99.6 Å². The van der Waals surface area contributed by atoms with Crippen molar-refractivity contribution in [3.05, 3.63) is 84.4 Å². The van der Waals surface area contributed by atoms with E-state index in [4.69, 9.17) is 0 Å². The van der Waals surface area contributed by atoms with Gasteiger partial charge >= 0.3 is 0 Å². The van der Waals surface area contributed by atoms with Crippen molar-refractivity contribution in [2.24, 2.45) is 0 Å². The van der Waals surface area contributed by atoms with E-state index in [0.29, 0.717) is 0 Å². The molecule has 0 bridgehead atoms. The van der Waals surface area contributed by atoms with Crippen LogP contribution in [0.4, 0.5) is 0 Å². The molecule has 0 unspecified atom stereocenters. The molecule has 0 fully saturated rings. The zero-order valence-corrected chi connectivity index (χ0v) is 13.4. The monoisotopic (exact) mass is 285 g/mol. The van der Waals surface area contributed by atoms with Crippen molar-refractivity contribution in [3.8, 4) is 22.3 Å². The fourth-order valence-corrected chi connectivity index (χ4v) is 2.55. The van der Waals surface area contributed by atoms with Crippen molar-refractivity contribution < 1.29 is 0 Å². The van der Waals surface area contributed by atoms with Crippen LogP contribution in [0.5, 0.6) is 0 Å². The summed E-state index contributed by atoms with van der Waals surface area (Å²) in [4.78, 5) is 0. The van der Waals surface area contributed by atoms with E-state index in [-0.39, 0.29) is 5.41 Å². The number of hydrogen-bond donors (Lipinski definition) is 0. The Morgan fingerprint density at radius 1 is 0.636 bits per heavy atom. The molecule has 22 heavy (non-hydrogen) atoms. The molecule has 0 aliphatic heterocycles. The summed E-state index contributed by atoms with van der Waals surface area (Å²) in [5, 5.41) is 0. The molecule has 3 aromatic carbocycles. The van der Waals surface area contributed by atoms with Gasteiger partial charge in [-0.2, -0.15) is 0 Å². The maximum atomic E-state index is 3.59. The molecule has 0 saturated carbocycles. The Bertz CT molecular complexity index is 689. The Balaban J connectivity index is 2.19. The van der Waals surface area contributed by atoms with Gasteiger partial charge < -0.3 is 0 Å². The normalized spacial score (nSPS) is 11.4. The van der Waals surface area contributed by atoms with Crippen LogP contribution in [0.1, 0.15) is 26.3 Å². The maximum absolute atomic E-state index is 3.59. The third kappa shape index (κ3) is 3.12. The van der Waals surface area contributed by atoms with E-state index >= 15 is 0 Å². The molecular formula is C22H21. The lowest BCUT2D eigenvalue weighted by molar-refractivity contribution is 0.590. The summed E-state index contributed by atoms with van der Waals surface area (Å²) in [7, 11) is 0. The lowest BCUT2D eigenvalue weighted by Crippen LogP contribution is -2.11. The van der Waals surface area contributed by atoms with Gasteiger partial charge in [0.15, 0.2) is 0 Å². The van der Waals surface area contributed by atoms with Crippen LogP contribution in [0.3, 0.4) is 0 Å². The van der Waals surface area contributed by atoms with E-state index in [9.17, 15) is 0 Å². The minimum atomic E-state index is 0.113. The second-order valence-electron chi connectivity index (χ2n) is 6.68. The quantitative estimate of drug-likeness (QED) is 0.532. The minimum Gasteiger partial charge on any atom is -0.0622 e. The van der Waals surface area contributed by atoms with Crippen LogP contribution < -0.4 is 0 Å². The van der Waals surface area contributed by atoms with Crippen molar-refractivity contribution in [1.82, 2.24) is 0 Å². The van der Waals surface area contributed by atoms with Gasteiger partial charge in [-0.1, -0.05) is 81.4 Å². The molecule has 0 nitrogen and oxygen atoms in total. The van der Waals surface area contributed by atoms with Crippen molar-refractivity contribution in [2.45, 2.75) is 26.2 Å². The average molecular weight is 285 g/mol. The van der Waals surface area contributed by atoms with Crippen LogP contribution in [0.25, 0.3) is 22.3 Å². The van der Waals surface area contributed by atoms with Crippen molar-refractivity contribution >= 4 is 0 Å². The Hall–Kier alpha value is -2.34. The highest BCUT2D eigenvalue weighted by molar-refractivity contribution is 5.73. The third-order valence-corrected chi connectivity index (χ3v) is 3.90. The summed E-state index contributed by atoms with van der Waals surface area (Å²) in [6.45, 7) is 6.77. The summed E-state index contributed by atoms with van der Waals surface area (Å²) in [5.74, 6) is 0. The van der Waals surface area contributed by atoms with E-state index in [0.717, 1.165) is 11.1 Å². The Labute approximate surface area is 133 Å². The first-order chi connectivity index (χ1) is 10.5. The highest BCUT2D eigenvalue weighted by Crippen LogP contribution is 2.32. The molecule has 109 valence electrons. The highest BCUT2D eigenvalue weighted by Gasteiger charge is 2.16. The van der Waals surface area contributed by atoms with Crippen molar-refractivity contribution in [2.75, 3.05) is 0 Å². The first-order valence-corrected chi connectivity index (χ1v) is 7.73. The summed E-state index contributed by atoms with van der Waals surface area (Å²) >= 11 is 0. The first-order valence-electron chi connectivity index (χ1n) is 7.73. The molecule has 3 rings (SSSR count). The van der Waals surface area contributed by atoms with Gasteiger partial charge in [-0.15, -0.1) is 0 Å². The summed E-state index contributed by atoms with van der Waals surface area (Å²) < 4.78 is 0. The molecule has 0 aliphatic rings. The van der Waals surface area contributed by atoms with Crippen LogP contribution in [-0.4, -0.2) is 0 Å². The smallest absolute Gasteiger partial charge is 0.00141 e. The van der Waals surface area contributed by atoms with Crippen LogP contribution >= 0.6 is 0 Å². The van der Waals surface area contributed by atoms with Crippen molar-refractivity contribution in [1.29, 1.82) is 0 Å². The Morgan fingerprint density at radius 3 is 1.41 bits per heavy atom. The van der Waals surface area contributed by atoms with Gasteiger partial charge in [-0.3, -0.25) is 0 Å². The second kappa shape index (κ2) is 5.81. The van der Waals surface area contributed by atoms with Gasteiger partial charge in [-0.25, -0.2) is 0 Å². The molecule has 0 spiro atoms. The molecule has 0 heteroatoms. The molecule has 1 radical (unpaired) electrons. The van der Waals surface area contributed by atoms with E-state index < -0.39 is 0 Å². The van der Waals surface area contributed by atoms with E-state index in [1.807, 2.05) is 0 Å². The Kier molecular flexibility index (Phi) is 3.85. The SMILES string of the molecule is CC(C)(C)c1cc(-c2ccccc2)[c]c(-c2ccccc2)c1. The maximum Gasteiger partial charge on any atom is -0.00141 e. The number of hydrogen-bond acceptors (Lipinski definition) is 0. The predicted octanol–water partition coefficient (Wildman–Crippen LogP) is 6.12. The third-order valence-electron chi connectivity index (χ3n) is 3.90. The highest BCUT2D eigenvalue weighted by atomic mass is 14.2. The molecule has 0 atom stereocenters. The number of benzene rings is 3. The lowest BCUT2D eigenvalue weighted by atomic mass is 9.83. The van der Waals surface area contributed by atoms with Gasteiger partial charge in [0.1, 0.15) is 0 Å². The molecule has 0 aromatic heterocycles. The Morgan fingerprint density at radius 2 is 1.05 bits per heavy atom. The molecule has 0 N–H and O–H groups in total. The standard InChI is InChI=1S/C22H21/c1-22(2,3)21-15-19(17-10-6-4-7-11-17)14-20(16-21)18-12-8-5-9-13-18/h4-13,15-16H,1-3H3. The fourth-order valence-electron chi connectivity index (χ4n) is 2.55. The van der Waals surface area contributed by atoms with Gasteiger partial charge in [0, 0.05) is 0 Å². The predicted molar refractivity (Wildman–Crippen MR) is 94.9 cm³/mol. The minimum absolute atomic E-state index is 0.113. The van der Waals surface area contributed by atoms with Gasteiger partial charge in [0.25, 0.3) is 0 Å². The zero-order valence-electron chi connectivity index (χ0n) is 13.4. The lowest BCUT2D eigenvalue weighted by Gasteiger charge is -2.21. The fraction of sp³-hybridized carbons (Fsp3) is 0.182. The molecule has 0 heterocycles. The number of rotatable bonds is 2. The zero-order chi connectivity index (χ0) is 15.6. The van der Waals surface area contributed by atoms with Gasteiger partial charge in [0.05, 0.1) is 0 Å². The first kappa shape index (κ1) is 14.6. The average Bonchev–Trinajstić information content (AvgIpc) is 2.55. The van der Waals surface area contributed by atoms with E-state index in [1.165, 1.54) is 16.7 Å². The topological polar surface area (TPSA) is 0 Å². The second-order valence-corrected chi connectivity index (χ2v) is 6.68. The van der Waals surface area contributed by atoms with Crippen molar-refractivity contribution in [3.63, 3.8) is 0 Å². The summed E-state index contributed by atoms with van der Waals surface area (Å²) in [6, 6.07) is 29.1. The summed E-state index contributed by atoms with van der Waals surface area (Å²) in [6.07, 6.45) is 0. The van der Waals surface area contributed by atoms with Crippen LogP contribution in [0.15, 0.2) is 72.8 Å². The molecular weight excluding hydrogens is 264 g/mol. The molecule has 3 aromatic rings. The molecule has 0 amide bonds. The largest absolute Gasteiger partial charge is 0.0622 e. The van der Waals surface area contributed by atoms with Crippen LogP contribution in [0.2, 0.25) is 0 Å².